The minimum atomic E-state index is 0.0299. The molecule has 2 aromatic rings. The normalized spacial score (nSPS) is 13.9. The van der Waals surface area contributed by atoms with Gasteiger partial charge in [-0.1, -0.05) is 28.1 Å². The molecule has 0 atom stereocenters. The quantitative estimate of drug-likeness (QED) is 0.796. The molecule has 2 N–H and O–H groups in total. The van der Waals surface area contributed by atoms with Gasteiger partial charge in [0.15, 0.2) is 0 Å². The van der Waals surface area contributed by atoms with E-state index in [2.05, 4.69) is 15.9 Å². The second-order valence-electron chi connectivity index (χ2n) is 5.41. The van der Waals surface area contributed by atoms with Crippen molar-refractivity contribution in [2.45, 2.75) is 19.8 Å². The maximum Gasteiger partial charge on any atom is 0.258 e. The molecule has 0 unspecified atom stereocenters. The molecule has 2 aromatic carbocycles. The second-order valence-corrected chi connectivity index (χ2v) is 6.27. The van der Waals surface area contributed by atoms with E-state index in [-0.39, 0.29) is 5.91 Å². The first kappa shape index (κ1) is 14.1. The van der Waals surface area contributed by atoms with E-state index in [1.54, 1.807) is 0 Å². The van der Waals surface area contributed by atoms with Crippen molar-refractivity contribution in [1.29, 1.82) is 0 Å². The first-order valence-corrected chi connectivity index (χ1v) is 7.82. The Bertz CT molecular complexity index is 712. The van der Waals surface area contributed by atoms with Crippen molar-refractivity contribution >= 4 is 33.2 Å². The Labute approximate surface area is 132 Å². The number of benzene rings is 2. The molecule has 0 saturated carbocycles. The minimum Gasteiger partial charge on any atom is -0.399 e. The number of hydrogen-bond donors (Lipinski definition) is 1. The van der Waals surface area contributed by atoms with Crippen LogP contribution in [0.2, 0.25) is 0 Å². The van der Waals surface area contributed by atoms with E-state index in [0.29, 0.717) is 11.3 Å². The van der Waals surface area contributed by atoms with E-state index in [1.165, 1.54) is 5.56 Å². The summed E-state index contributed by atoms with van der Waals surface area (Å²) < 4.78 is 0.957. The summed E-state index contributed by atoms with van der Waals surface area (Å²) in [6.45, 7) is 2.75. The van der Waals surface area contributed by atoms with Crippen molar-refractivity contribution in [3.63, 3.8) is 0 Å². The van der Waals surface area contributed by atoms with Gasteiger partial charge < -0.3 is 10.6 Å². The van der Waals surface area contributed by atoms with Gasteiger partial charge in [-0.3, -0.25) is 4.79 Å². The number of halogens is 1. The number of amides is 1. The van der Waals surface area contributed by atoms with Crippen LogP contribution in [-0.2, 0) is 6.42 Å². The topological polar surface area (TPSA) is 46.3 Å². The van der Waals surface area contributed by atoms with Gasteiger partial charge in [-0.2, -0.15) is 0 Å². The lowest BCUT2D eigenvalue weighted by molar-refractivity contribution is 0.0985. The third-order valence-electron chi connectivity index (χ3n) is 3.89. The van der Waals surface area contributed by atoms with Crippen LogP contribution in [0.15, 0.2) is 40.9 Å². The molecule has 0 aromatic heterocycles. The summed E-state index contributed by atoms with van der Waals surface area (Å²) in [5, 5.41) is 0. The van der Waals surface area contributed by atoms with Crippen LogP contribution < -0.4 is 10.6 Å². The summed E-state index contributed by atoms with van der Waals surface area (Å²) in [5.41, 5.74) is 10.5. The van der Waals surface area contributed by atoms with Gasteiger partial charge in [0, 0.05) is 28.0 Å². The Morgan fingerprint density at radius 3 is 2.81 bits per heavy atom. The summed E-state index contributed by atoms with van der Waals surface area (Å²) >= 11 is 3.49. The standard InChI is InChI=1S/C17H17BrN2O/c1-11-4-5-13(9-15(11)18)17(21)20-8-2-3-12-6-7-14(19)10-16(12)20/h4-7,9-10H,2-3,8,19H2,1H3. The molecule has 0 bridgehead atoms. The highest BCUT2D eigenvalue weighted by molar-refractivity contribution is 9.10. The highest BCUT2D eigenvalue weighted by Crippen LogP contribution is 2.30. The lowest BCUT2D eigenvalue weighted by Gasteiger charge is -2.30. The molecular formula is C17H17BrN2O. The molecule has 0 fully saturated rings. The molecule has 0 saturated heterocycles. The van der Waals surface area contributed by atoms with Gasteiger partial charge >= 0.3 is 0 Å². The highest BCUT2D eigenvalue weighted by atomic mass is 79.9. The van der Waals surface area contributed by atoms with Crippen LogP contribution in [0.1, 0.15) is 27.9 Å². The third kappa shape index (κ3) is 2.68. The number of hydrogen-bond acceptors (Lipinski definition) is 2. The van der Waals surface area contributed by atoms with Gasteiger partial charge in [-0.05, 0) is 55.2 Å². The molecule has 0 aliphatic carbocycles. The zero-order valence-electron chi connectivity index (χ0n) is 11.9. The largest absolute Gasteiger partial charge is 0.399 e. The molecule has 4 heteroatoms. The van der Waals surface area contributed by atoms with Gasteiger partial charge in [0.25, 0.3) is 5.91 Å². The average Bonchev–Trinajstić information content (AvgIpc) is 2.48. The highest BCUT2D eigenvalue weighted by Gasteiger charge is 2.24. The number of nitrogens with zero attached hydrogens (tertiary/aromatic N) is 1. The summed E-state index contributed by atoms with van der Waals surface area (Å²) in [7, 11) is 0. The Morgan fingerprint density at radius 1 is 1.24 bits per heavy atom. The molecule has 3 nitrogen and oxygen atoms in total. The van der Waals surface area contributed by atoms with Crippen molar-refractivity contribution in [3.05, 3.63) is 57.6 Å². The van der Waals surface area contributed by atoms with E-state index >= 15 is 0 Å². The fourth-order valence-corrected chi connectivity index (χ4v) is 3.06. The molecule has 0 spiro atoms. The van der Waals surface area contributed by atoms with Crippen molar-refractivity contribution in [3.8, 4) is 0 Å². The first-order chi connectivity index (χ1) is 10.1. The fraction of sp³-hybridized carbons (Fsp3) is 0.235. The number of rotatable bonds is 1. The Morgan fingerprint density at radius 2 is 2.05 bits per heavy atom. The first-order valence-electron chi connectivity index (χ1n) is 7.02. The van der Waals surface area contributed by atoms with Crippen molar-refractivity contribution in [2.75, 3.05) is 17.2 Å². The van der Waals surface area contributed by atoms with Crippen LogP contribution in [0, 0.1) is 6.92 Å². The number of aryl methyl sites for hydroxylation is 2. The lowest BCUT2D eigenvalue weighted by Crippen LogP contribution is -2.35. The van der Waals surface area contributed by atoms with E-state index in [9.17, 15) is 4.79 Å². The Kier molecular flexibility index (Phi) is 3.72. The summed E-state index contributed by atoms with van der Waals surface area (Å²) in [4.78, 5) is 14.6. The zero-order valence-corrected chi connectivity index (χ0v) is 13.5. The van der Waals surface area contributed by atoms with Crippen molar-refractivity contribution in [2.24, 2.45) is 0 Å². The third-order valence-corrected chi connectivity index (χ3v) is 4.75. The molecule has 1 aliphatic rings. The van der Waals surface area contributed by atoms with Crippen LogP contribution in [0.4, 0.5) is 11.4 Å². The number of carbonyl (C=O) groups is 1. The number of fused-ring (bicyclic) bond motifs is 1. The van der Waals surface area contributed by atoms with E-state index in [0.717, 1.165) is 35.1 Å². The monoisotopic (exact) mass is 344 g/mol. The van der Waals surface area contributed by atoms with Crippen molar-refractivity contribution in [1.82, 2.24) is 0 Å². The molecule has 21 heavy (non-hydrogen) atoms. The van der Waals surface area contributed by atoms with Crippen molar-refractivity contribution < 1.29 is 4.79 Å². The summed E-state index contributed by atoms with van der Waals surface area (Å²) in [6, 6.07) is 11.5. The summed E-state index contributed by atoms with van der Waals surface area (Å²) in [5.74, 6) is 0.0299. The van der Waals surface area contributed by atoms with Gasteiger partial charge in [0.1, 0.15) is 0 Å². The van der Waals surface area contributed by atoms with E-state index < -0.39 is 0 Å². The maximum atomic E-state index is 12.8. The molecule has 1 heterocycles. The smallest absolute Gasteiger partial charge is 0.258 e. The number of carbonyl (C=O) groups excluding carboxylic acids is 1. The molecule has 108 valence electrons. The molecule has 1 aliphatic heterocycles. The lowest BCUT2D eigenvalue weighted by atomic mass is 10.00. The Hall–Kier alpha value is -1.81. The summed E-state index contributed by atoms with van der Waals surface area (Å²) in [6.07, 6.45) is 1.98. The Balaban J connectivity index is 1.99. The van der Waals surface area contributed by atoms with E-state index in [1.807, 2.05) is 48.2 Å². The van der Waals surface area contributed by atoms with Gasteiger partial charge in [-0.25, -0.2) is 0 Å². The van der Waals surface area contributed by atoms with Crippen LogP contribution in [-0.4, -0.2) is 12.5 Å². The second kappa shape index (κ2) is 5.53. The minimum absolute atomic E-state index is 0.0299. The van der Waals surface area contributed by atoms with Crippen LogP contribution >= 0.6 is 15.9 Å². The molecular weight excluding hydrogens is 328 g/mol. The predicted octanol–water partition coefficient (Wildman–Crippen LogP) is 3.93. The van der Waals surface area contributed by atoms with Crippen LogP contribution in [0.5, 0.6) is 0 Å². The molecule has 1 amide bonds. The zero-order chi connectivity index (χ0) is 15.0. The van der Waals surface area contributed by atoms with Crippen LogP contribution in [0.3, 0.4) is 0 Å². The van der Waals surface area contributed by atoms with Gasteiger partial charge in [0.2, 0.25) is 0 Å². The predicted molar refractivity (Wildman–Crippen MR) is 89.7 cm³/mol. The SMILES string of the molecule is Cc1ccc(C(=O)N2CCCc3ccc(N)cc32)cc1Br. The van der Waals surface area contributed by atoms with Crippen LogP contribution in [0.25, 0.3) is 0 Å². The average molecular weight is 345 g/mol. The maximum absolute atomic E-state index is 12.8. The number of nitrogen functional groups attached to an aromatic ring is 1. The molecule has 3 rings (SSSR count). The number of nitrogens with two attached hydrogens (primary N) is 1. The van der Waals surface area contributed by atoms with Gasteiger partial charge in [-0.15, -0.1) is 0 Å². The van der Waals surface area contributed by atoms with Gasteiger partial charge in [0.05, 0.1) is 0 Å². The number of anilines is 2. The molecule has 0 radical (unpaired) electrons. The van der Waals surface area contributed by atoms with E-state index in [4.69, 9.17) is 5.73 Å². The fourth-order valence-electron chi connectivity index (χ4n) is 2.68.